The van der Waals surface area contributed by atoms with E-state index in [9.17, 15) is 0 Å². The zero-order valence-corrected chi connectivity index (χ0v) is 10.5. The molecule has 2 saturated carbocycles. The number of hydrogen-bond acceptors (Lipinski definition) is 3. The highest BCUT2D eigenvalue weighted by molar-refractivity contribution is 7.99. The molecule has 0 amide bonds. The van der Waals surface area contributed by atoms with E-state index in [-0.39, 0.29) is 0 Å². The van der Waals surface area contributed by atoms with E-state index >= 15 is 0 Å². The highest BCUT2D eigenvalue weighted by Gasteiger charge is 2.30. The second kappa shape index (κ2) is 6.12. The fraction of sp³-hybridized carbons (Fsp3) is 1.00. The Morgan fingerprint density at radius 2 is 2.13 bits per heavy atom. The van der Waals surface area contributed by atoms with Crippen LogP contribution in [0.15, 0.2) is 0 Å². The van der Waals surface area contributed by atoms with Gasteiger partial charge in [-0.1, -0.05) is 0 Å². The molecule has 0 aromatic heterocycles. The average molecular weight is 229 g/mol. The largest absolute Gasteiger partial charge is 0.383 e. The van der Waals surface area contributed by atoms with Gasteiger partial charge >= 0.3 is 0 Å². The summed E-state index contributed by atoms with van der Waals surface area (Å²) < 4.78 is 5.24. The van der Waals surface area contributed by atoms with Crippen molar-refractivity contribution in [1.82, 2.24) is 5.32 Å². The maximum Gasteiger partial charge on any atom is 0.0618 e. The van der Waals surface area contributed by atoms with Gasteiger partial charge < -0.3 is 10.1 Å². The van der Waals surface area contributed by atoms with Gasteiger partial charge in [-0.3, -0.25) is 0 Å². The molecule has 1 atom stereocenters. The lowest BCUT2D eigenvalue weighted by Crippen LogP contribution is -2.36. The molecule has 2 fully saturated rings. The van der Waals surface area contributed by atoms with Crippen molar-refractivity contribution >= 4 is 11.8 Å². The van der Waals surface area contributed by atoms with Crippen LogP contribution in [0.3, 0.4) is 0 Å². The van der Waals surface area contributed by atoms with Gasteiger partial charge in [-0.2, -0.15) is 11.8 Å². The SMILES string of the molecule is COCC(NCCSCC1CC1)C1CC1. The molecule has 0 aromatic rings. The second-order valence-electron chi connectivity index (χ2n) is 4.87. The van der Waals surface area contributed by atoms with Gasteiger partial charge in [-0.25, -0.2) is 0 Å². The van der Waals surface area contributed by atoms with Gasteiger partial charge in [0.1, 0.15) is 0 Å². The minimum absolute atomic E-state index is 0.622. The molecule has 0 heterocycles. The smallest absolute Gasteiger partial charge is 0.0618 e. The van der Waals surface area contributed by atoms with E-state index in [1.165, 1.54) is 37.2 Å². The Bertz CT molecular complexity index is 180. The molecule has 88 valence electrons. The van der Waals surface area contributed by atoms with Crippen molar-refractivity contribution in [2.75, 3.05) is 31.8 Å². The van der Waals surface area contributed by atoms with Crippen LogP contribution in [0, 0.1) is 11.8 Å². The zero-order valence-electron chi connectivity index (χ0n) is 9.71. The molecule has 2 aliphatic carbocycles. The summed E-state index contributed by atoms with van der Waals surface area (Å²) in [5.41, 5.74) is 0. The molecule has 0 radical (unpaired) electrons. The van der Waals surface area contributed by atoms with Crippen LogP contribution in [-0.4, -0.2) is 37.8 Å². The zero-order chi connectivity index (χ0) is 10.5. The normalized spacial score (nSPS) is 23.0. The summed E-state index contributed by atoms with van der Waals surface area (Å²) >= 11 is 2.11. The van der Waals surface area contributed by atoms with Crippen molar-refractivity contribution in [2.24, 2.45) is 11.8 Å². The quantitative estimate of drug-likeness (QED) is 0.612. The van der Waals surface area contributed by atoms with Crippen LogP contribution in [0.5, 0.6) is 0 Å². The van der Waals surface area contributed by atoms with Crippen LogP contribution in [0.2, 0.25) is 0 Å². The molecule has 0 bridgehead atoms. The Morgan fingerprint density at radius 3 is 2.73 bits per heavy atom. The monoisotopic (exact) mass is 229 g/mol. The van der Waals surface area contributed by atoms with E-state index in [4.69, 9.17) is 4.74 Å². The average Bonchev–Trinajstić information content (AvgIpc) is 3.08. The predicted molar refractivity (Wildman–Crippen MR) is 66.4 cm³/mol. The molecule has 2 rings (SSSR count). The Kier molecular flexibility index (Phi) is 4.79. The van der Waals surface area contributed by atoms with Gasteiger partial charge in [-0.05, 0) is 43.3 Å². The summed E-state index contributed by atoms with van der Waals surface area (Å²) in [7, 11) is 1.80. The number of nitrogens with one attached hydrogen (secondary N) is 1. The fourth-order valence-electron chi connectivity index (χ4n) is 1.89. The summed E-state index contributed by atoms with van der Waals surface area (Å²) in [6.07, 6.45) is 5.76. The molecule has 3 heteroatoms. The van der Waals surface area contributed by atoms with Crippen LogP contribution in [0.4, 0.5) is 0 Å². The van der Waals surface area contributed by atoms with Crippen LogP contribution in [-0.2, 0) is 4.74 Å². The molecule has 0 spiro atoms. The summed E-state index contributed by atoms with van der Waals surface area (Å²) in [5, 5.41) is 3.63. The first-order chi connectivity index (χ1) is 7.40. The summed E-state index contributed by atoms with van der Waals surface area (Å²) in [5.74, 6) is 4.62. The van der Waals surface area contributed by atoms with Crippen molar-refractivity contribution in [3.63, 3.8) is 0 Å². The van der Waals surface area contributed by atoms with Gasteiger partial charge in [0.05, 0.1) is 6.61 Å². The molecule has 1 N–H and O–H groups in total. The minimum Gasteiger partial charge on any atom is -0.383 e. The van der Waals surface area contributed by atoms with Gasteiger partial charge in [-0.15, -0.1) is 0 Å². The van der Waals surface area contributed by atoms with Crippen molar-refractivity contribution in [3.8, 4) is 0 Å². The van der Waals surface area contributed by atoms with Crippen LogP contribution in [0.1, 0.15) is 25.7 Å². The molecular formula is C12H23NOS. The third-order valence-electron chi connectivity index (χ3n) is 3.24. The van der Waals surface area contributed by atoms with E-state index in [2.05, 4.69) is 17.1 Å². The number of rotatable bonds is 9. The van der Waals surface area contributed by atoms with Gasteiger partial charge in [0.25, 0.3) is 0 Å². The molecule has 0 aromatic carbocycles. The number of hydrogen-bond donors (Lipinski definition) is 1. The van der Waals surface area contributed by atoms with E-state index < -0.39 is 0 Å². The van der Waals surface area contributed by atoms with E-state index in [1.807, 2.05) is 0 Å². The van der Waals surface area contributed by atoms with Crippen molar-refractivity contribution in [3.05, 3.63) is 0 Å². The third-order valence-corrected chi connectivity index (χ3v) is 4.44. The van der Waals surface area contributed by atoms with E-state index in [0.29, 0.717) is 6.04 Å². The third kappa shape index (κ3) is 4.75. The van der Waals surface area contributed by atoms with Crippen molar-refractivity contribution < 1.29 is 4.74 Å². The number of methoxy groups -OCH3 is 1. The highest BCUT2D eigenvalue weighted by Crippen LogP contribution is 2.33. The predicted octanol–water partition coefficient (Wildman–Crippen LogP) is 2.14. The molecule has 0 aliphatic heterocycles. The lowest BCUT2D eigenvalue weighted by Gasteiger charge is -2.16. The van der Waals surface area contributed by atoms with Gasteiger partial charge in [0.2, 0.25) is 0 Å². The number of ether oxygens (including phenoxy) is 1. The Morgan fingerprint density at radius 1 is 1.33 bits per heavy atom. The first-order valence-electron chi connectivity index (χ1n) is 6.20. The summed E-state index contributed by atoms with van der Waals surface area (Å²) in [4.78, 5) is 0. The molecule has 0 saturated heterocycles. The topological polar surface area (TPSA) is 21.3 Å². The Balaban J connectivity index is 1.46. The minimum atomic E-state index is 0.622. The van der Waals surface area contributed by atoms with Crippen LogP contribution < -0.4 is 5.32 Å². The maximum atomic E-state index is 5.24. The molecule has 2 aliphatic rings. The lowest BCUT2D eigenvalue weighted by molar-refractivity contribution is 0.159. The first kappa shape index (κ1) is 11.7. The maximum absolute atomic E-state index is 5.24. The van der Waals surface area contributed by atoms with Gasteiger partial charge in [0, 0.05) is 25.4 Å². The van der Waals surface area contributed by atoms with Crippen LogP contribution >= 0.6 is 11.8 Å². The molecule has 15 heavy (non-hydrogen) atoms. The second-order valence-corrected chi connectivity index (χ2v) is 6.02. The highest BCUT2D eigenvalue weighted by atomic mass is 32.2. The van der Waals surface area contributed by atoms with E-state index in [0.717, 1.165) is 25.0 Å². The van der Waals surface area contributed by atoms with Gasteiger partial charge in [0.15, 0.2) is 0 Å². The molecule has 1 unspecified atom stereocenters. The fourth-order valence-corrected chi connectivity index (χ4v) is 2.99. The summed E-state index contributed by atoms with van der Waals surface area (Å²) in [6, 6.07) is 0.622. The molecule has 2 nitrogen and oxygen atoms in total. The lowest BCUT2D eigenvalue weighted by atomic mass is 10.2. The van der Waals surface area contributed by atoms with Crippen LogP contribution in [0.25, 0.3) is 0 Å². The first-order valence-corrected chi connectivity index (χ1v) is 7.35. The standard InChI is InChI=1S/C12H23NOS/c1-14-8-12(11-4-5-11)13-6-7-15-9-10-2-3-10/h10-13H,2-9H2,1H3. The van der Waals surface area contributed by atoms with E-state index in [1.54, 1.807) is 7.11 Å². The van der Waals surface area contributed by atoms with Crippen molar-refractivity contribution in [2.45, 2.75) is 31.7 Å². The molecular weight excluding hydrogens is 206 g/mol. The van der Waals surface area contributed by atoms with Crippen molar-refractivity contribution in [1.29, 1.82) is 0 Å². The Hall–Kier alpha value is 0.270. The Labute approximate surface area is 97.5 Å². The number of thioether (sulfide) groups is 1. The summed E-state index contributed by atoms with van der Waals surface area (Å²) in [6.45, 7) is 2.04.